The second kappa shape index (κ2) is 10.4. The molecule has 2 amide bonds. The van der Waals surface area contributed by atoms with Crippen molar-refractivity contribution in [1.29, 1.82) is 0 Å². The summed E-state index contributed by atoms with van der Waals surface area (Å²) >= 11 is 8.12. The third-order valence-corrected chi connectivity index (χ3v) is 10.6. The van der Waals surface area contributed by atoms with Crippen LogP contribution in [-0.2, 0) is 19.1 Å². The molecule has 0 radical (unpaired) electrons. The number of ether oxygens (including phenoxy) is 1. The lowest BCUT2D eigenvalue weighted by Crippen LogP contribution is -2.57. The monoisotopic (exact) mass is 558 g/mol. The van der Waals surface area contributed by atoms with Crippen molar-refractivity contribution < 1.29 is 24.2 Å². The van der Waals surface area contributed by atoms with Gasteiger partial charge >= 0.3 is 5.97 Å². The summed E-state index contributed by atoms with van der Waals surface area (Å²) in [7, 11) is 0. The Morgan fingerprint density at radius 3 is 2.66 bits per heavy atom. The smallest absolute Gasteiger partial charge is 0.311 e. The highest BCUT2D eigenvalue weighted by molar-refractivity contribution is 8.02. The number of allylic oxidation sites excluding steroid dienone is 1. The van der Waals surface area contributed by atoms with E-state index in [4.69, 9.17) is 16.3 Å². The van der Waals surface area contributed by atoms with Crippen LogP contribution in [0.25, 0.3) is 0 Å². The first kappa shape index (κ1) is 27.3. The number of likely N-dealkylation sites (tertiary alicyclic amines) is 1. The average Bonchev–Trinajstić information content (AvgIpc) is 3.21. The Morgan fingerprint density at radius 2 is 1.95 bits per heavy atom. The molecule has 9 heteroatoms. The fourth-order valence-electron chi connectivity index (χ4n) is 6.71. The predicted molar refractivity (Wildman–Crippen MR) is 149 cm³/mol. The van der Waals surface area contributed by atoms with E-state index in [1.54, 1.807) is 15.9 Å². The molecule has 4 heterocycles. The Kier molecular flexibility index (Phi) is 7.44. The van der Waals surface area contributed by atoms with Crippen LogP contribution < -0.4 is 4.90 Å². The lowest BCUT2D eigenvalue weighted by Gasteiger charge is -2.39. The summed E-state index contributed by atoms with van der Waals surface area (Å²) in [5, 5.41) is 10.8. The minimum atomic E-state index is -1.00. The molecule has 1 unspecified atom stereocenters. The van der Waals surface area contributed by atoms with E-state index in [9.17, 15) is 19.5 Å². The summed E-state index contributed by atoms with van der Waals surface area (Å²) in [6.07, 6.45) is 11.0. The lowest BCUT2D eigenvalue weighted by molar-refractivity contribution is -0.154. The van der Waals surface area contributed by atoms with E-state index < -0.39 is 39.4 Å². The molecule has 1 aromatic rings. The van der Waals surface area contributed by atoms with Gasteiger partial charge in [-0.2, -0.15) is 0 Å². The third-order valence-electron chi connectivity index (χ3n) is 8.47. The number of fused-ring (bicyclic) bond motifs is 2. The van der Waals surface area contributed by atoms with Gasteiger partial charge in [0, 0.05) is 11.3 Å². The minimum Gasteiger partial charge on any atom is -0.465 e. The zero-order valence-electron chi connectivity index (χ0n) is 22.1. The zero-order chi connectivity index (χ0) is 27.2. The van der Waals surface area contributed by atoms with E-state index in [0.717, 1.165) is 24.8 Å². The molecule has 2 fully saturated rings. The maximum Gasteiger partial charge on any atom is 0.311 e. The van der Waals surface area contributed by atoms with Crippen LogP contribution in [0, 0.1) is 18.8 Å². The minimum absolute atomic E-state index is 0.258. The number of halogens is 1. The van der Waals surface area contributed by atoms with Crippen molar-refractivity contribution in [1.82, 2.24) is 4.90 Å². The Labute approximate surface area is 233 Å². The molecule has 4 aliphatic heterocycles. The van der Waals surface area contributed by atoms with Crippen LogP contribution in [0.2, 0.25) is 5.02 Å². The van der Waals surface area contributed by atoms with Crippen LogP contribution in [0.1, 0.15) is 45.1 Å². The highest BCUT2D eigenvalue weighted by atomic mass is 35.5. The summed E-state index contributed by atoms with van der Waals surface area (Å²) in [5.41, 5.74) is 1.46. The van der Waals surface area contributed by atoms with Gasteiger partial charge in [0.1, 0.15) is 6.04 Å². The summed E-state index contributed by atoms with van der Waals surface area (Å²) in [6, 6.07) is 4.03. The number of esters is 1. The maximum atomic E-state index is 14.6. The highest BCUT2D eigenvalue weighted by Gasteiger charge is 2.74. The van der Waals surface area contributed by atoms with Crippen LogP contribution in [-0.4, -0.2) is 69.1 Å². The SMILES string of the molecule is CC[C@@H](CO)N1C(=O)[C@@H]2[C@@H]3C(=O)OCCCC/C=C\[C@]3(C)S[C@@]23C=CCN(c2c(C)cccc2Cl)C(=O)C13. The van der Waals surface area contributed by atoms with Crippen LogP contribution in [0.4, 0.5) is 5.69 Å². The summed E-state index contributed by atoms with van der Waals surface area (Å²) < 4.78 is 3.98. The zero-order valence-corrected chi connectivity index (χ0v) is 23.6. The Bertz CT molecular complexity index is 1180. The summed E-state index contributed by atoms with van der Waals surface area (Å²) in [4.78, 5) is 45.8. The van der Waals surface area contributed by atoms with Crippen molar-refractivity contribution in [3.63, 3.8) is 0 Å². The van der Waals surface area contributed by atoms with Crippen molar-refractivity contribution >= 4 is 46.8 Å². The number of carbonyl (C=O) groups excluding carboxylic acids is 3. The molecule has 6 atom stereocenters. The van der Waals surface area contributed by atoms with Gasteiger partial charge in [0.2, 0.25) is 5.91 Å². The third kappa shape index (κ3) is 4.11. The number of cyclic esters (lactones) is 1. The van der Waals surface area contributed by atoms with E-state index in [2.05, 4.69) is 6.08 Å². The molecule has 0 bridgehead atoms. The Balaban J connectivity index is 1.69. The molecule has 0 aliphatic carbocycles. The molecular weight excluding hydrogens is 524 g/mol. The molecule has 4 aliphatic rings. The highest BCUT2D eigenvalue weighted by Crippen LogP contribution is 2.65. The molecule has 1 spiro atoms. The number of nitrogens with zero attached hydrogens (tertiary/aromatic N) is 2. The van der Waals surface area contributed by atoms with Gasteiger partial charge in [0.05, 0.1) is 46.5 Å². The fraction of sp³-hybridized carbons (Fsp3) is 0.552. The largest absolute Gasteiger partial charge is 0.465 e. The molecule has 0 saturated carbocycles. The molecule has 1 N–H and O–H groups in total. The molecule has 2 saturated heterocycles. The van der Waals surface area contributed by atoms with Gasteiger partial charge in [-0.1, -0.05) is 55.0 Å². The average molecular weight is 559 g/mol. The topological polar surface area (TPSA) is 87.2 Å². The number of para-hydroxylation sites is 1. The van der Waals surface area contributed by atoms with Gasteiger partial charge in [-0.3, -0.25) is 14.4 Å². The van der Waals surface area contributed by atoms with Crippen LogP contribution >= 0.6 is 23.4 Å². The molecule has 38 heavy (non-hydrogen) atoms. The van der Waals surface area contributed by atoms with Crippen molar-refractivity contribution in [2.75, 3.05) is 24.7 Å². The quantitative estimate of drug-likeness (QED) is 0.438. The number of aliphatic hydroxyl groups is 1. The van der Waals surface area contributed by atoms with Gasteiger partial charge in [-0.25, -0.2) is 0 Å². The molecule has 7 nitrogen and oxygen atoms in total. The van der Waals surface area contributed by atoms with Crippen molar-refractivity contribution in [3.05, 3.63) is 53.1 Å². The van der Waals surface area contributed by atoms with Crippen molar-refractivity contribution in [2.45, 2.75) is 68.0 Å². The molecule has 0 aromatic heterocycles. The number of amides is 2. The van der Waals surface area contributed by atoms with Gasteiger partial charge in [0.25, 0.3) is 5.91 Å². The predicted octanol–water partition coefficient (Wildman–Crippen LogP) is 4.29. The first-order valence-corrected chi connectivity index (χ1v) is 14.6. The first-order valence-electron chi connectivity index (χ1n) is 13.4. The summed E-state index contributed by atoms with van der Waals surface area (Å²) in [5.74, 6) is -2.50. The Morgan fingerprint density at radius 1 is 1.16 bits per heavy atom. The van der Waals surface area contributed by atoms with E-state index in [1.165, 1.54) is 11.8 Å². The molecule has 204 valence electrons. The first-order chi connectivity index (χ1) is 18.2. The summed E-state index contributed by atoms with van der Waals surface area (Å²) in [6.45, 7) is 6.09. The van der Waals surface area contributed by atoms with E-state index >= 15 is 0 Å². The number of anilines is 1. The number of aryl methyl sites for hydroxylation is 1. The van der Waals surface area contributed by atoms with Crippen LogP contribution in [0.3, 0.4) is 0 Å². The molecule has 5 rings (SSSR count). The number of hydrogen-bond donors (Lipinski definition) is 1. The van der Waals surface area contributed by atoms with Gasteiger partial charge in [-0.15, -0.1) is 11.8 Å². The number of carbonyl (C=O) groups is 3. The van der Waals surface area contributed by atoms with Gasteiger partial charge in [-0.05, 0) is 51.2 Å². The Hall–Kier alpha value is -2.29. The number of rotatable bonds is 4. The molecular formula is C29H35ClN2O5S. The van der Waals surface area contributed by atoms with Gasteiger partial charge < -0.3 is 19.6 Å². The van der Waals surface area contributed by atoms with Crippen LogP contribution in [0.5, 0.6) is 0 Å². The fourth-order valence-corrected chi connectivity index (χ4v) is 9.17. The normalized spacial score (nSPS) is 34.8. The van der Waals surface area contributed by atoms with E-state index in [-0.39, 0.29) is 25.0 Å². The number of benzene rings is 1. The maximum absolute atomic E-state index is 14.6. The van der Waals surface area contributed by atoms with Crippen molar-refractivity contribution in [3.8, 4) is 0 Å². The van der Waals surface area contributed by atoms with Gasteiger partial charge in [0.15, 0.2) is 0 Å². The molecule has 1 aromatic carbocycles. The van der Waals surface area contributed by atoms with Crippen molar-refractivity contribution in [2.24, 2.45) is 11.8 Å². The second-order valence-corrected chi connectivity index (χ2v) is 13.0. The van der Waals surface area contributed by atoms with Crippen LogP contribution in [0.15, 0.2) is 42.5 Å². The standard InChI is InChI=1S/C29H35ClN2O5S/c1-4-19(17-33)32-24-26(35)31(23-18(2)11-9-12-20(23)30)15-10-14-29(24)21(25(32)34)22-27(36)37-16-8-6-5-7-13-28(22,3)38-29/h7,9-14,19,21-22,24,33H,4-6,8,15-17H2,1-3H3/b13-7-/t19-,21-,22+,24?,28-,29-/m0/s1. The van der Waals surface area contributed by atoms with E-state index in [1.807, 2.05) is 51.1 Å². The number of thioether (sulfide) groups is 1. The lowest BCUT2D eigenvalue weighted by atomic mass is 9.74. The van der Waals surface area contributed by atoms with E-state index in [0.29, 0.717) is 23.7 Å². The number of aliphatic hydroxyl groups excluding tert-OH is 1. The number of hydrogen-bond acceptors (Lipinski definition) is 6. The second-order valence-electron chi connectivity index (χ2n) is 10.8.